The van der Waals surface area contributed by atoms with Crippen LogP contribution in [-0.4, -0.2) is 33.4 Å². The summed E-state index contributed by atoms with van der Waals surface area (Å²) in [5, 5.41) is 0. The minimum absolute atomic E-state index is 0.111. The van der Waals surface area contributed by atoms with Crippen LogP contribution >= 0.6 is 0 Å². The molecule has 1 rings (SSSR count). The molecule has 0 fully saturated rings. The molecular formula is C13H22N2O3S. The molecule has 0 radical (unpaired) electrons. The van der Waals surface area contributed by atoms with Gasteiger partial charge in [-0.3, -0.25) is 0 Å². The van der Waals surface area contributed by atoms with Crippen LogP contribution < -0.4 is 10.5 Å². The Bertz CT molecular complexity index is 547. The summed E-state index contributed by atoms with van der Waals surface area (Å²) in [7, 11) is -0.507. The topological polar surface area (TPSA) is 72.6 Å². The highest BCUT2D eigenvalue weighted by atomic mass is 32.2. The predicted octanol–water partition coefficient (Wildman–Crippen LogP) is 1.94. The lowest BCUT2D eigenvalue weighted by Gasteiger charge is -2.26. The molecule has 0 aliphatic heterocycles. The van der Waals surface area contributed by atoms with Crippen LogP contribution in [0.25, 0.3) is 0 Å². The first-order valence-corrected chi connectivity index (χ1v) is 7.42. The van der Waals surface area contributed by atoms with Gasteiger partial charge in [-0.25, -0.2) is 12.7 Å². The van der Waals surface area contributed by atoms with E-state index in [1.807, 2.05) is 20.8 Å². The van der Waals surface area contributed by atoms with E-state index in [4.69, 9.17) is 10.5 Å². The minimum atomic E-state index is -3.58. The second kappa shape index (κ2) is 5.38. The molecule has 0 aromatic heterocycles. The SMILES string of the molecule is COc1ccc(S(=O)(=O)N(C)CC(C)(C)C)c(N)c1. The van der Waals surface area contributed by atoms with Gasteiger partial charge in [0, 0.05) is 19.7 Å². The molecule has 0 spiro atoms. The zero-order chi connectivity index (χ0) is 14.8. The number of hydrogen-bond donors (Lipinski definition) is 1. The Morgan fingerprint density at radius 2 is 1.89 bits per heavy atom. The molecular weight excluding hydrogens is 264 g/mol. The molecule has 0 unspecified atom stereocenters. The molecule has 0 aliphatic carbocycles. The van der Waals surface area contributed by atoms with E-state index in [9.17, 15) is 8.42 Å². The largest absolute Gasteiger partial charge is 0.497 e. The molecule has 19 heavy (non-hydrogen) atoms. The first-order valence-electron chi connectivity index (χ1n) is 5.98. The molecule has 6 heteroatoms. The molecule has 0 saturated carbocycles. The molecule has 1 aromatic carbocycles. The lowest BCUT2D eigenvalue weighted by molar-refractivity contribution is 0.311. The van der Waals surface area contributed by atoms with E-state index in [1.165, 1.54) is 23.5 Å². The quantitative estimate of drug-likeness (QED) is 0.859. The van der Waals surface area contributed by atoms with Crippen molar-refractivity contribution in [1.82, 2.24) is 4.31 Å². The summed E-state index contributed by atoms with van der Waals surface area (Å²) in [5.41, 5.74) is 5.87. The zero-order valence-electron chi connectivity index (χ0n) is 12.1. The van der Waals surface area contributed by atoms with E-state index in [2.05, 4.69) is 0 Å². The van der Waals surface area contributed by atoms with Gasteiger partial charge in [0.25, 0.3) is 0 Å². The molecule has 1 aromatic rings. The van der Waals surface area contributed by atoms with E-state index in [0.717, 1.165) is 0 Å². The Hall–Kier alpha value is -1.27. The number of nitrogen functional groups attached to an aromatic ring is 1. The number of nitrogens with zero attached hydrogens (tertiary/aromatic N) is 1. The van der Waals surface area contributed by atoms with Gasteiger partial charge in [0.2, 0.25) is 10.0 Å². The summed E-state index contributed by atoms with van der Waals surface area (Å²) < 4.78 is 31.2. The Labute approximate surface area is 115 Å². The van der Waals surface area contributed by atoms with Crippen molar-refractivity contribution >= 4 is 15.7 Å². The van der Waals surface area contributed by atoms with Gasteiger partial charge >= 0.3 is 0 Å². The number of hydrogen-bond acceptors (Lipinski definition) is 4. The maximum absolute atomic E-state index is 12.4. The smallest absolute Gasteiger partial charge is 0.244 e. The van der Waals surface area contributed by atoms with Gasteiger partial charge in [0.15, 0.2) is 0 Å². The number of benzene rings is 1. The normalized spacial score (nSPS) is 12.7. The van der Waals surface area contributed by atoms with E-state index in [0.29, 0.717) is 12.3 Å². The van der Waals surface area contributed by atoms with Gasteiger partial charge in [0.05, 0.1) is 12.8 Å². The van der Waals surface area contributed by atoms with Crippen LogP contribution in [0, 0.1) is 5.41 Å². The van der Waals surface area contributed by atoms with Crippen LogP contribution in [0.15, 0.2) is 23.1 Å². The Morgan fingerprint density at radius 1 is 1.32 bits per heavy atom. The van der Waals surface area contributed by atoms with Crippen molar-refractivity contribution < 1.29 is 13.2 Å². The lowest BCUT2D eigenvalue weighted by atomic mass is 9.97. The monoisotopic (exact) mass is 286 g/mol. The molecule has 5 nitrogen and oxygen atoms in total. The van der Waals surface area contributed by atoms with E-state index >= 15 is 0 Å². The number of sulfonamides is 1. The van der Waals surface area contributed by atoms with E-state index in [1.54, 1.807) is 13.1 Å². The van der Waals surface area contributed by atoms with Crippen molar-refractivity contribution in [3.8, 4) is 5.75 Å². The highest BCUT2D eigenvalue weighted by Gasteiger charge is 2.27. The average Bonchev–Trinajstić information content (AvgIpc) is 2.26. The summed E-state index contributed by atoms with van der Waals surface area (Å²) in [5.74, 6) is 0.537. The summed E-state index contributed by atoms with van der Waals surface area (Å²) in [6.45, 7) is 6.37. The molecule has 0 atom stereocenters. The van der Waals surface area contributed by atoms with Crippen LogP contribution in [0.2, 0.25) is 0 Å². The summed E-state index contributed by atoms with van der Waals surface area (Å²) in [6, 6.07) is 4.58. The van der Waals surface area contributed by atoms with Crippen LogP contribution in [0.4, 0.5) is 5.69 Å². The number of anilines is 1. The Balaban J connectivity index is 3.13. The van der Waals surface area contributed by atoms with Crippen molar-refractivity contribution in [2.45, 2.75) is 25.7 Å². The van der Waals surface area contributed by atoms with Gasteiger partial charge in [0.1, 0.15) is 10.6 Å². The molecule has 0 amide bonds. The third-order valence-electron chi connectivity index (χ3n) is 2.60. The Morgan fingerprint density at radius 3 is 2.32 bits per heavy atom. The Kier molecular flexibility index (Phi) is 4.47. The third-order valence-corrected chi connectivity index (χ3v) is 4.48. The fourth-order valence-electron chi connectivity index (χ4n) is 1.81. The summed E-state index contributed by atoms with van der Waals surface area (Å²) in [6.07, 6.45) is 0. The van der Waals surface area contributed by atoms with Gasteiger partial charge in [-0.2, -0.15) is 0 Å². The van der Waals surface area contributed by atoms with Crippen molar-refractivity contribution in [3.05, 3.63) is 18.2 Å². The molecule has 2 N–H and O–H groups in total. The van der Waals surface area contributed by atoms with Gasteiger partial charge < -0.3 is 10.5 Å². The predicted molar refractivity (Wildman–Crippen MR) is 76.7 cm³/mol. The highest BCUT2D eigenvalue weighted by Crippen LogP contribution is 2.27. The van der Waals surface area contributed by atoms with E-state index < -0.39 is 10.0 Å². The molecule has 0 heterocycles. The van der Waals surface area contributed by atoms with Crippen LogP contribution in [0.5, 0.6) is 5.75 Å². The molecule has 0 aliphatic rings. The number of ether oxygens (including phenoxy) is 1. The minimum Gasteiger partial charge on any atom is -0.497 e. The van der Waals surface area contributed by atoms with Gasteiger partial charge in [-0.1, -0.05) is 20.8 Å². The summed E-state index contributed by atoms with van der Waals surface area (Å²) in [4.78, 5) is 0.111. The maximum Gasteiger partial charge on any atom is 0.244 e. The van der Waals surface area contributed by atoms with Crippen molar-refractivity contribution in [1.29, 1.82) is 0 Å². The first kappa shape index (κ1) is 15.8. The van der Waals surface area contributed by atoms with Crippen LogP contribution in [0.3, 0.4) is 0 Å². The average molecular weight is 286 g/mol. The second-order valence-corrected chi connectivity index (χ2v) is 7.74. The second-order valence-electron chi connectivity index (χ2n) is 5.73. The first-order chi connectivity index (χ1) is 8.58. The van der Waals surface area contributed by atoms with Gasteiger partial charge in [-0.05, 0) is 17.5 Å². The fourth-order valence-corrected chi connectivity index (χ4v) is 3.30. The lowest BCUT2D eigenvalue weighted by Crippen LogP contribution is -2.34. The standard InChI is InChI=1S/C13H22N2O3S/c1-13(2,3)9-15(4)19(16,17)12-7-6-10(18-5)8-11(12)14/h6-8H,9,14H2,1-5H3. The molecule has 0 bridgehead atoms. The number of methoxy groups -OCH3 is 1. The molecule has 0 saturated heterocycles. The van der Waals surface area contributed by atoms with Crippen molar-refractivity contribution in [3.63, 3.8) is 0 Å². The number of rotatable bonds is 4. The van der Waals surface area contributed by atoms with Crippen LogP contribution in [0.1, 0.15) is 20.8 Å². The zero-order valence-corrected chi connectivity index (χ0v) is 12.9. The van der Waals surface area contributed by atoms with Crippen LogP contribution in [-0.2, 0) is 10.0 Å². The fraction of sp³-hybridized carbons (Fsp3) is 0.538. The van der Waals surface area contributed by atoms with Crippen molar-refractivity contribution in [2.24, 2.45) is 5.41 Å². The van der Waals surface area contributed by atoms with Crippen molar-refractivity contribution in [2.75, 3.05) is 26.4 Å². The van der Waals surface area contributed by atoms with E-state index in [-0.39, 0.29) is 16.0 Å². The van der Waals surface area contributed by atoms with Gasteiger partial charge in [-0.15, -0.1) is 0 Å². The molecule has 108 valence electrons. The maximum atomic E-state index is 12.4. The number of nitrogens with two attached hydrogens (primary N) is 1. The highest BCUT2D eigenvalue weighted by molar-refractivity contribution is 7.89. The third kappa shape index (κ3) is 3.84. The summed E-state index contributed by atoms with van der Waals surface area (Å²) >= 11 is 0.